The maximum atomic E-state index is 15.3. The number of ether oxygens (including phenoxy) is 2. The van der Waals surface area contributed by atoms with Crippen LogP contribution in [0, 0.1) is 17.3 Å². The normalized spacial score (nSPS) is 38.1. The van der Waals surface area contributed by atoms with E-state index in [1.54, 1.807) is 11.9 Å². The van der Waals surface area contributed by atoms with E-state index in [9.17, 15) is 15.0 Å². The Morgan fingerprint density at radius 2 is 1.91 bits per heavy atom. The Balaban J connectivity index is 1.37. The molecule has 2 saturated heterocycles. The lowest BCUT2D eigenvalue weighted by molar-refractivity contribution is -0.228. The Kier molecular flexibility index (Phi) is 8.38. The molecule has 3 aromatic rings. The molecule has 306 valence electrons. The number of benzene rings is 2. The monoisotopic (exact) mass is 789 g/mol. The van der Waals surface area contributed by atoms with Gasteiger partial charge in [0.15, 0.2) is 5.60 Å². The van der Waals surface area contributed by atoms with Gasteiger partial charge in [0, 0.05) is 85.0 Å². The average molecular weight is 790 g/mol. The smallest absolute Gasteiger partial charge is 0.322 e. The van der Waals surface area contributed by atoms with Crippen LogP contribution in [0.15, 0.2) is 48.6 Å². The molecule has 1 spiro atoms. The third-order valence-electron chi connectivity index (χ3n) is 15.4. The first-order chi connectivity index (χ1) is 27.0. The van der Waals surface area contributed by atoms with E-state index in [1.165, 1.54) is 14.2 Å². The number of aliphatic hydroxyl groups is 2. The summed E-state index contributed by atoms with van der Waals surface area (Å²) in [6.45, 7) is 4.87. The van der Waals surface area contributed by atoms with Crippen molar-refractivity contribution in [1.82, 2.24) is 20.2 Å². The van der Waals surface area contributed by atoms with Crippen molar-refractivity contribution in [1.29, 1.82) is 0 Å². The molecule has 5 aliphatic heterocycles. The molecule has 9 rings (SSSR count). The summed E-state index contributed by atoms with van der Waals surface area (Å²) in [4.78, 5) is 38.8. The van der Waals surface area contributed by atoms with Gasteiger partial charge in [-0.2, -0.15) is 0 Å². The Morgan fingerprint density at radius 3 is 2.60 bits per heavy atom. The quantitative estimate of drug-likeness (QED) is 0.0711. The topological polar surface area (TPSA) is 183 Å². The number of para-hydroxylation sites is 1. The number of nitrogens with zero attached hydrogens (tertiary/aromatic N) is 3. The molecule has 10 unspecified atom stereocenters. The molecule has 6 heterocycles. The molecule has 1 saturated carbocycles. The van der Waals surface area contributed by atoms with Crippen LogP contribution >= 0.6 is 0 Å². The number of esters is 1. The van der Waals surface area contributed by atoms with E-state index in [0.717, 1.165) is 23.4 Å². The first-order valence-corrected chi connectivity index (χ1v) is 19.9. The summed E-state index contributed by atoms with van der Waals surface area (Å²) in [5.41, 5.74) is 6.04. The fourth-order valence-electron chi connectivity index (χ4n) is 13.1. The lowest BCUT2D eigenvalue weighted by Gasteiger charge is -2.68. The molecule has 15 heteroatoms. The summed E-state index contributed by atoms with van der Waals surface area (Å²) < 4.78 is 42.6. The number of fused-ring (bicyclic) bond motifs is 6. The number of rotatable bonds is 6. The molecule has 10 atom stereocenters. The molecule has 1 aromatic heterocycles. The number of methoxy groups -OCH3 is 2. The second-order valence-corrected chi connectivity index (χ2v) is 17.6. The molecule has 57 heavy (non-hydrogen) atoms. The SMILES string of the molecule is CCC12C=CCN3CCC4(c5cc(C6(C(=O)OC)CC7CC(C(C)(F)F)CN(Cc8c6[nH]c6ccccc86)C7)c(OC)cc5N(C)C4C(O)(C(=O)NN)C1O)C32N. The van der Waals surface area contributed by atoms with Crippen molar-refractivity contribution in [3.05, 3.63) is 70.9 Å². The van der Waals surface area contributed by atoms with Crippen molar-refractivity contribution in [3.63, 3.8) is 0 Å². The predicted octanol–water partition coefficient (Wildman–Crippen LogP) is 2.61. The molecular formula is C42H53F2N7O6. The van der Waals surface area contributed by atoms with Crippen LogP contribution in [-0.4, -0.2) is 114 Å². The summed E-state index contributed by atoms with van der Waals surface area (Å²) in [6, 6.07) is 10.4. The lowest BCUT2D eigenvalue weighted by Crippen LogP contribution is -2.89. The van der Waals surface area contributed by atoms with Gasteiger partial charge in [-0.15, -0.1) is 0 Å². The number of alkyl halides is 2. The predicted molar refractivity (Wildman–Crippen MR) is 208 cm³/mol. The first kappa shape index (κ1) is 38.4. The van der Waals surface area contributed by atoms with Crippen LogP contribution in [0.2, 0.25) is 0 Å². The van der Waals surface area contributed by atoms with Gasteiger partial charge in [0.25, 0.3) is 5.91 Å². The van der Waals surface area contributed by atoms with Crippen molar-refractivity contribution in [2.75, 3.05) is 52.3 Å². The van der Waals surface area contributed by atoms with Crippen LogP contribution in [0.4, 0.5) is 14.5 Å². The molecule has 1 aliphatic carbocycles. The number of hydrogen-bond donors (Lipinski definition) is 6. The zero-order valence-corrected chi connectivity index (χ0v) is 33.1. The third kappa shape index (κ3) is 4.47. The number of aliphatic hydroxyl groups excluding tert-OH is 1. The maximum Gasteiger partial charge on any atom is 0.322 e. The molecule has 1 amide bonds. The van der Waals surface area contributed by atoms with Gasteiger partial charge >= 0.3 is 5.97 Å². The molecule has 6 aliphatic rings. The number of anilines is 1. The van der Waals surface area contributed by atoms with Crippen LogP contribution in [0.5, 0.6) is 5.75 Å². The van der Waals surface area contributed by atoms with E-state index in [-0.39, 0.29) is 31.7 Å². The van der Waals surface area contributed by atoms with Crippen LogP contribution in [-0.2, 0) is 31.7 Å². The molecule has 8 N–H and O–H groups in total. The number of carbonyl (C=O) groups is 2. The largest absolute Gasteiger partial charge is 0.496 e. The highest BCUT2D eigenvalue weighted by Gasteiger charge is 2.84. The number of hydrazine groups is 1. The Labute approximate surface area is 330 Å². The molecule has 2 bridgehead atoms. The Hall–Kier alpha value is -4.12. The standard InChI is InChI=1S/C42H53F2N7O6/c1-6-38-12-9-14-51-15-13-40(42(38,51)45)27-17-28(31(56-4)18-30(27)49(3)33(40)41(55,34(38)52)35(53)48-46)39(36(54)57-5)19-23-16-24(37(2,43)44)21-50(20-23)22-26-25-10-7-8-11-29(25)47-32(26)39/h7-12,17-18,23-24,33-34,47,52,55H,6,13-16,19-22,45-46H2,1-5H3,(H,48,53). The van der Waals surface area contributed by atoms with Crippen molar-refractivity contribution < 1.29 is 38.1 Å². The minimum absolute atomic E-state index is 0.129. The van der Waals surface area contributed by atoms with Crippen molar-refractivity contribution in [3.8, 4) is 5.75 Å². The highest BCUT2D eigenvalue weighted by molar-refractivity contribution is 5.95. The summed E-state index contributed by atoms with van der Waals surface area (Å²) >= 11 is 0. The number of nitrogens with one attached hydrogen (secondary N) is 2. The van der Waals surface area contributed by atoms with Crippen LogP contribution in [0.25, 0.3) is 10.9 Å². The number of halogens is 2. The first-order valence-electron chi connectivity index (χ1n) is 19.9. The molecule has 13 nitrogen and oxygen atoms in total. The highest BCUT2D eigenvalue weighted by Crippen LogP contribution is 2.70. The van der Waals surface area contributed by atoms with E-state index in [1.807, 2.05) is 55.5 Å². The summed E-state index contributed by atoms with van der Waals surface area (Å²) in [5.74, 6) is 0.383. The van der Waals surface area contributed by atoms with Gasteiger partial charge < -0.3 is 35.3 Å². The van der Waals surface area contributed by atoms with Crippen molar-refractivity contribution in [2.24, 2.45) is 28.8 Å². The van der Waals surface area contributed by atoms with Crippen LogP contribution in [0.1, 0.15) is 61.9 Å². The molecular weight excluding hydrogens is 737 g/mol. The number of aromatic amines is 1. The molecule has 2 aromatic carbocycles. The fourth-order valence-corrected chi connectivity index (χ4v) is 13.1. The maximum absolute atomic E-state index is 15.3. The van der Waals surface area contributed by atoms with Gasteiger partial charge in [-0.3, -0.25) is 24.8 Å². The third-order valence-corrected chi connectivity index (χ3v) is 15.4. The minimum Gasteiger partial charge on any atom is -0.496 e. The van der Waals surface area contributed by atoms with Gasteiger partial charge in [-0.1, -0.05) is 37.3 Å². The Bertz CT molecular complexity index is 2210. The number of carbonyl (C=O) groups excluding carboxylic acids is 2. The van der Waals surface area contributed by atoms with E-state index in [4.69, 9.17) is 21.1 Å². The summed E-state index contributed by atoms with van der Waals surface area (Å²) in [5, 5.41) is 26.2. The van der Waals surface area contributed by atoms with Gasteiger partial charge in [-0.05, 0) is 61.8 Å². The lowest BCUT2D eigenvalue weighted by atomic mass is 9.44. The number of hydrogen-bond acceptors (Lipinski definition) is 11. The van der Waals surface area contributed by atoms with E-state index in [0.29, 0.717) is 60.9 Å². The Morgan fingerprint density at radius 1 is 1.16 bits per heavy atom. The zero-order valence-electron chi connectivity index (χ0n) is 33.1. The number of piperidine rings is 1. The number of amides is 1. The minimum atomic E-state index is -2.95. The fraction of sp³-hybridized carbons (Fsp3) is 0.571. The van der Waals surface area contributed by atoms with Gasteiger partial charge in [0.05, 0.1) is 31.3 Å². The second kappa shape index (κ2) is 12.4. The van der Waals surface area contributed by atoms with Crippen molar-refractivity contribution in [2.45, 2.75) is 86.2 Å². The zero-order chi connectivity index (χ0) is 40.7. The van der Waals surface area contributed by atoms with Crippen LogP contribution < -0.4 is 26.6 Å². The molecule has 3 fully saturated rings. The second-order valence-electron chi connectivity index (χ2n) is 17.6. The number of H-pyrrole nitrogens is 1. The van der Waals surface area contributed by atoms with E-state index in [2.05, 4.69) is 20.2 Å². The van der Waals surface area contributed by atoms with Gasteiger partial charge in [0.2, 0.25) is 5.92 Å². The average Bonchev–Trinajstić information content (AvgIpc) is 3.80. The molecule has 0 radical (unpaired) electrons. The number of aromatic nitrogens is 1. The van der Waals surface area contributed by atoms with E-state index < -0.39 is 63.4 Å². The van der Waals surface area contributed by atoms with E-state index >= 15 is 13.6 Å². The highest BCUT2D eigenvalue weighted by atomic mass is 19.3. The van der Waals surface area contributed by atoms with Gasteiger partial charge in [-0.25, -0.2) is 14.6 Å². The number of likely N-dealkylation sites (N-methyl/N-ethyl adjacent to an activating group) is 1. The van der Waals surface area contributed by atoms with Gasteiger partial charge in [0.1, 0.15) is 17.3 Å². The van der Waals surface area contributed by atoms with Crippen LogP contribution in [0.3, 0.4) is 0 Å². The number of nitrogens with two attached hydrogens (primary N) is 2. The van der Waals surface area contributed by atoms with Crippen molar-refractivity contribution >= 4 is 28.5 Å². The summed E-state index contributed by atoms with van der Waals surface area (Å²) in [7, 11) is 4.61. The summed E-state index contributed by atoms with van der Waals surface area (Å²) in [6.07, 6.45) is 3.10.